The van der Waals surface area contributed by atoms with E-state index < -0.39 is 17.6 Å². The van der Waals surface area contributed by atoms with E-state index >= 15 is 0 Å². The Hall–Kier alpha value is -3.85. The number of nitrogens with one attached hydrogen (secondary N) is 1. The standard InChI is InChI=1S/C28H22ClF4N5/c1-15-4-3-5-16(2)25(15)38-26(19-6-7-21(29)24-18(19)8-10-34-24)20-14-37(11-9-23(20)36-38)27-22(30)12-17(13-35-27)28(31,32)33/h3-8,10,12-13,34H,9,11,14H2,1-2H3. The van der Waals surface area contributed by atoms with Gasteiger partial charge < -0.3 is 9.88 Å². The van der Waals surface area contributed by atoms with E-state index in [0.29, 0.717) is 30.3 Å². The van der Waals surface area contributed by atoms with Crippen molar-refractivity contribution in [1.29, 1.82) is 0 Å². The summed E-state index contributed by atoms with van der Waals surface area (Å²) in [6, 6.07) is 12.2. The van der Waals surface area contributed by atoms with Gasteiger partial charge in [0.05, 0.1) is 33.2 Å². The average Bonchev–Trinajstić information content (AvgIpc) is 3.50. The monoisotopic (exact) mass is 539 g/mol. The number of H-pyrrole nitrogens is 1. The third-order valence-electron chi connectivity index (χ3n) is 7.06. The summed E-state index contributed by atoms with van der Waals surface area (Å²) in [5.74, 6) is -1.12. The first-order chi connectivity index (χ1) is 18.1. The van der Waals surface area contributed by atoms with Crippen LogP contribution >= 0.6 is 11.6 Å². The number of aryl methyl sites for hydroxylation is 2. The van der Waals surface area contributed by atoms with Crippen molar-refractivity contribution in [3.05, 3.63) is 93.6 Å². The van der Waals surface area contributed by atoms with E-state index in [1.807, 2.05) is 61.1 Å². The van der Waals surface area contributed by atoms with E-state index in [1.165, 1.54) is 0 Å². The molecule has 0 saturated heterocycles. The van der Waals surface area contributed by atoms with Crippen LogP contribution in [0.5, 0.6) is 0 Å². The quantitative estimate of drug-likeness (QED) is 0.243. The van der Waals surface area contributed by atoms with E-state index in [4.69, 9.17) is 16.7 Å². The number of alkyl halides is 3. The molecule has 0 unspecified atom stereocenters. The van der Waals surface area contributed by atoms with Gasteiger partial charge in [-0.3, -0.25) is 0 Å². The minimum absolute atomic E-state index is 0.114. The number of halogens is 5. The van der Waals surface area contributed by atoms with Crippen molar-refractivity contribution in [3.63, 3.8) is 0 Å². The summed E-state index contributed by atoms with van der Waals surface area (Å²) in [5, 5.41) is 6.50. The molecule has 0 atom stereocenters. The minimum Gasteiger partial charge on any atom is -0.360 e. The Balaban J connectivity index is 1.54. The number of aromatic nitrogens is 4. The molecule has 1 aliphatic heterocycles. The van der Waals surface area contributed by atoms with Crippen LogP contribution in [-0.2, 0) is 19.1 Å². The van der Waals surface area contributed by atoms with E-state index in [-0.39, 0.29) is 12.4 Å². The van der Waals surface area contributed by atoms with Gasteiger partial charge in [0.2, 0.25) is 0 Å². The zero-order chi connectivity index (χ0) is 26.8. The maximum Gasteiger partial charge on any atom is 0.417 e. The molecule has 5 nitrogen and oxygen atoms in total. The lowest BCUT2D eigenvalue weighted by Crippen LogP contribution is -2.32. The number of benzene rings is 2. The highest BCUT2D eigenvalue weighted by Crippen LogP contribution is 2.40. The van der Waals surface area contributed by atoms with Crippen LogP contribution in [0.4, 0.5) is 23.4 Å². The zero-order valence-corrected chi connectivity index (χ0v) is 21.3. The van der Waals surface area contributed by atoms with Crippen molar-refractivity contribution in [2.24, 2.45) is 0 Å². The number of fused-ring (bicyclic) bond motifs is 2. The Bertz CT molecular complexity index is 1680. The fraction of sp³-hybridized carbons (Fsp3) is 0.214. The highest BCUT2D eigenvalue weighted by Gasteiger charge is 2.34. The SMILES string of the molecule is Cc1cccc(C)c1-n1nc2c(c1-c1ccc(Cl)c3[nH]ccc13)CN(c1ncc(C(F)(F)F)cc1F)CC2. The maximum absolute atomic E-state index is 14.9. The van der Waals surface area contributed by atoms with Crippen LogP contribution in [0.3, 0.4) is 0 Å². The maximum atomic E-state index is 14.9. The van der Waals surface area contributed by atoms with Crippen LogP contribution in [0, 0.1) is 19.7 Å². The number of anilines is 1. The molecule has 0 bridgehead atoms. The third kappa shape index (κ3) is 3.93. The Morgan fingerprint density at radius 2 is 1.82 bits per heavy atom. The summed E-state index contributed by atoms with van der Waals surface area (Å²) in [4.78, 5) is 8.73. The molecule has 0 aliphatic carbocycles. The molecule has 4 heterocycles. The van der Waals surface area contributed by atoms with Crippen molar-refractivity contribution in [3.8, 4) is 16.9 Å². The summed E-state index contributed by atoms with van der Waals surface area (Å²) < 4.78 is 56.1. The van der Waals surface area contributed by atoms with Gasteiger partial charge in [-0.2, -0.15) is 18.3 Å². The fourth-order valence-electron chi connectivity index (χ4n) is 5.28. The van der Waals surface area contributed by atoms with Gasteiger partial charge in [-0.25, -0.2) is 14.1 Å². The molecule has 1 N–H and O–H groups in total. The number of nitrogens with zero attached hydrogens (tertiary/aromatic N) is 4. The van der Waals surface area contributed by atoms with E-state index in [2.05, 4.69) is 9.97 Å². The second-order valence-electron chi connectivity index (χ2n) is 9.49. The molecule has 1 aliphatic rings. The highest BCUT2D eigenvalue weighted by molar-refractivity contribution is 6.35. The average molecular weight is 540 g/mol. The minimum atomic E-state index is -4.67. The lowest BCUT2D eigenvalue weighted by atomic mass is 9.98. The lowest BCUT2D eigenvalue weighted by molar-refractivity contribution is -0.138. The van der Waals surface area contributed by atoms with Gasteiger partial charge in [0.1, 0.15) is 0 Å². The molecule has 6 rings (SSSR count). The van der Waals surface area contributed by atoms with Crippen molar-refractivity contribution in [2.75, 3.05) is 11.4 Å². The summed E-state index contributed by atoms with van der Waals surface area (Å²) in [5.41, 5.74) is 6.14. The Morgan fingerprint density at radius 3 is 2.53 bits per heavy atom. The number of hydrogen-bond donors (Lipinski definition) is 1. The van der Waals surface area contributed by atoms with Crippen LogP contribution in [0.15, 0.2) is 54.9 Å². The summed E-state index contributed by atoms with van der Waals surface area (Å²) in [6.07, 6.45) is -1.69. The van der Waals surface area contributed by atoms with Gasteiger partial charge in [0.15, 0.2) is 11.6 Å². The van der Waals surface area contributed by atoms with E-state index in [9.17, 15) is 17.6 Å². The number of pyridine rings is 1. The Morgan fingerprint density at radius 1 is 1.05 bits per heavy atom. The first-order valence-corrected chi connectivity index (χ1v) is 12.4. The van der Waals surface area contributed by atoms with Crippen molar-refractivity contribution >= 4 is 28.3 Å². The molecule has 194 valence electrons. The lowest BCUT2D eigenvalue weighted by Gasteiger charge is -2.28. The molecule has 0 saturated carbocycles. The van der Waals surface area contributed by atoms with Crippen molar-refractivity contribution in [1.82, 2.24) is 19.7 Å². The smallest absolute Gasteiger partial charge is 0.360 e. The Labute approximate surface area is 220 Å². The van der Waals surface area contributed by atoms with Crippen LogP contribution in [-0.4, -0.2) is 26.3 Å². The first kappa shape index (κ1) is 24.5. The van der Waals surface area contributed by atoms with Gasteiger partial charge in [-0.1, -0.05) is 35.9 Å². The summed E-state index contributed by atoms with van der Waals surface area (Å²) >= 11 is 6.46. The number of rotatable bonds is 3. The predicted molar refractivity (Wildman–Crippen MR) is 139 cm³/mol. The van der Waals surface area contributed by atoms with Crippen LogP contribution in [0.2, 0.25) is 5.02 Å². The molecule has 38 heavy (non-hydrogen) atoms. The normalized spacial score (nSPS) is 13.8. The molecule has 0 fully saturated rings. The van der Waals surface area contributed by atoms with E-state index in [0.717, 1.165) is 50.2 Å². The largest absolute Gasteiger partial charge is 0.417 e. The predicted octanol–water partition coefficient (Wildman–Crippen LogP) is 7.41. The summed E-state index contributed by atoms with van der Waals surface area (Å²) in [6.45, 7) is 4.65. The first-order valence-electron chi connectivity index (χ1n) is 12.0. The fourth-order valence-corrected chi connectivity index (χ4v) is 5.50. The summed E-state index contributed by atoms with van der Waals surface area (Å²) in [7, 11) is 0. The second kappa shape index (κ2) is 8.87. The van der Waals surface area contributed by atoms with Gasteiger partial charge >= 0.3 is 6.18 Å². The molecule has 0 radical (unpaired) electrons. The van der Waals surface area contributed by atoms with Crippen molar-refractivity contribution in [2.45, 2.75) is 33.0 Å². The van der Waals surface area contributed by atoms with Crippen molar-refractivity contribution < 1.29 is 17.6 Å². The highest BCUT2D eigenvalue weighted by atomic mass is 35.5. The molecular weight excluding hydrogens is 518 g/mol. The van der Waals surface area contributed by atoms with Gasteiger partial charge in [0.25, 0.3) is 0 Å². The molecular formula is C28H22ClF4N5. The number of aromatic amines is 1. The number of hydrogen-bond acceptors (Lipinski definition) is 3. The second-order valence-corrected chi connectivity index (χ2v) is 9.89. The van der Waals surface area contributed by atoms with E-state index in [1.54, 1.807) is 4.90 Å². The van der Waals surface area contributed by atoms with Gasteiger partial charge in [-0.15, -0.1) is 0 Å². The van der Waals surface area contributed by atoms with Crippen LogP contribution < -0.4 is 4.90 Å². The topological polar surface area (TPSA) is 49.7 Å². The molecule has 5 aromatic rings. The van der Waals surface area contributed by atoms with Gasteiger partial charge in [-0.05, 0) is 43.2 Å². The molecule has 0 spiro atoms. The van der Waals surface area contributed by atoms with Gasteiger partial charge in [0, 0.05) is 48.4 Å². The number of para-hydroxylation sites is 1. The molecule has 3 aromatic heterocycles. The molecule has 10 heteroatoms. The Kier molecular flexibility index (Phi) is 5.72. The zero-order valence-electron chi connectivity index (χ0n) is 20.5. The van der Waals surface area contributed by atoms with Crippen LogP contribution in [0.25, 0.3) is 27.8 Å². The third-order valence-corrected chi connectivity index (χ3v) is 7.38. The molecule has 0 amide bonds. The van der Waals surface area contributed by atoms with Crippen LogP contribution in [0.1, 0.15) is 27.9 Å². The molecule has 2 aromatic carbocycles.